The number of ether oxygens (including phenoxy) is 1. The summed E-state index contributed by atoms with van der Waals surface area (Å²) in [6.45, 7) is 4.94. The molecule has 0 aromatic heterocycles. The first-order valence-electron chi connectivity index (χ1n) is 8.02. The lowest BCUT2D eigenvalue weighted by Crippen LogP contribution is -2.51. The third-order valence-electron chi connectivity index (χ3n) is 4.84. The molecule has 1 aliphatic carbocycles. The summed E-state index contributed by atoms with van der Waals surface area (Å²) in [4.78, 5) is 4.82. The van der Waals surface area contributed by atoms with Crippen molar-refractivity contribution in [1.29, 1.82) is 0 Å². The van der Waals surface area contributed by atoms with E-state index in [1.54, 1.807) is 7.11 Å². The van der Waals surface area contributed by atoms with Crippen LogP contribution in [0.15, 0.2) is 24.3 Å². The van der Waals surface area contributed by atoms with Crippen molar-refractivity contribution in [3.63, 3.8) is 0 Å². The fourth-order valence-electron chi connectivity index (χ4n) is 3.58. The topological polar surface area (TPSA) is 35.9 Å². The maximum atomic E-state index is 10.5. The summed E-state index contributed by atoms with van der Waals surface area (Å²) in [5.74, 6) is 0.912. The molecule has 1 N–H and O–H groups in total. The van der Waals surface area contributed by atoms with E-state index in [1.807, 2.05) is 12.1 Å². The van der Waals surface area contributed by atoms with Gasteiger partial charge in [-0.1, -0.05) is 18.9 Å². The highest BCUT2D eigenvalue weighted by Crippen LogP contribution is 2.30. The van der Waals surface area contributed by atoms with Crippen molar-refractivity contribution in [3.8, 4) is 5.75 Å². The van der Waals surface area contributed by atoms with Crippen molar-refractivity contribution in [2.24, 2.45) is 0 Å². The highest BCUT2D eigenvalue weighted by Gasteiger charge is 2.33. The third-order valence-corrected chi connectivity index (χ3v) is 4.84. The molecule has 1 heterocycles. The van der Waals surface area contributed by atoms with Crippen LogP contribution in [0.4, 0.5) is 5.69 Å². The van der Waals surface area contributed by atoms with Gasteiger partial charge in [-0.2, -0.15) is 0 Å². The predicted molar refractivity (Wildman–Crippen MR) is 85.1 cm³/mol. The molecule has 1 saturated heterocycles. The van der Waals surface area contributed by atoms with Gasteiger partial charge in [0.05, 0.1) is 12.7 Å². The molecule has 0 bridgehead atoms. The fraction of sp³-hybridized carbons (Fsp3) is 0.647. The van der Waals surface area contributed by atoms with Gasteiger partial charge >= 0.3 is 0 Å². The molecular formula is C17H26N2O2. The molecule has 2 fully saturated rings. The van der Waals surface area contributed by atoms with Crippen molar-refractivity contribution in [2.45, 2.75) is 31.3 Å². The van der Waals surface area contributed by atoms with Gasteiger partial charge in [0.25, 0.3) is 0 Å². The smallest absolute Gasteiger partial charge is 0.120 e. The number of hydrogen-bond acceptors (Lipinski definition) is 4. The number of nitrogens with zero attached hydrogens (tertiary/aromatic N) is 2. The van der Waals surface area contributed by atoms with Gasteiger partial charge in [0, 0.05) is 44.5 Å². The Labute approximate surface area is 127 Å². The Hall–Kier alpha value is -1.26. The van der Waals surface area contributed by atoms with E-state index < -0.39 is 5.60 Å². The first kappa shape index (κ1) is 14.7. The number of piperazine rings is 1. The second-order valence-electron chi connectivity index (χ2n) is 6.40. The quantitative estimate of drug-likeness (QED) is 0.921. The van der Waals surface area contributed by atoms with Gasteiger partial charge < -0.3 is 14.7 Å². The molecule has 1 aromatic carbocycles. The van der Waals surface area contributed by atoms with Crippen LogP contribution < -0.4 is 9.64 Å². The van der Waals surface area contributed by atoms with Gasteiger partial charge in [-0.3, -0.25) is 4.90 Å². The van der Waals surface area contributed by atoms with Gasteiger partial charge in [0.2, 0.25) is 0 Å². The molecular weight excluding hydrogens is 264 g/mol. The average molecular weight is 290 g/mol. The maximum absolute atomic E-state index is 10.5. The molecule has 0 atom stereocenters. The second-order valence-corrected chi connectivity index (χ2v) is 6.40. The Balaban J connectivity index is 1.54. The number of rotatable bonds is 4. The Morgan fingerprint density at radius 3 is 2.52 bits per heavy atom. The Bertz CT molecular complexity index is 464. The van der Waals surface area contributed by atoms with Crippen LogP contribution in [0.3, 0.4) is 0 Å². The molecule has 0 amide bonds. The summed E-state index contributed by atoms with van der Waals surface area (Å²) in [5, 5.41) is 10.5. The van der Waals surface area contributed by atoms with Gasteiger partial charge in [0.15, 0.2) is 0 Å². The van der Waals surface area contributed by atoms with Crippen LogP contribution in [-0.2, 0) is 0 Å². The van der Waals surface area contributed by atoms with E-state index in [4.69, 9.17) is 4.74 Å². The largest absolute Gasteiger partial charge is 0.497 e. The molecule has 0 unspecified atom stereocenters. The molecule has 2 aliphatic rings. The minimum absolute atomic E-state index is 0.419. The van der Waals surface area contributed by atoms with E-state index in [9.17, 15) is 5.11 Å². The van der Waals surface area contributed by atoms with E-state index in [0.29, 0.717) is 0 Å². The summed E-state index contributed by atoms with van der Waals surface area (Å²) >= 11 is 0. The second kappa shape index (κ2) is 6.24. The standard InChI is InChI=1S/C17H26N2O2/c1-21-16-6-4-5-15(13-16)19-11-9-18(10-12-19)14-17(20)7-2-3-8-17/h4-6,13,20H,2-3,7-12,14H2,1H3. The number of methoxy groups -OCH3 is 1. The molecule has 0 spiro atoms. The van der Waals surface area contributed by atoms with Crippen LogP contribution >= 0.6 is 0 Å². The van der Waals surface area contributed by atoms with Gasteiger partial charge in [0.1, 0.15) is 5.75 Å². The lowest BCUT2D eigenvalue weighted by atomic mass is 10.0. The van der Waals surface area contributed by atoms with E-state index in [-0.39, 0.29) is 0 Å². The van der Waals surface area contributed by atoms with Crippen LogP contribution in [0.2, 0.25) is 0 Å². The van der Waals surface area contributed by atoms with Crippen LogP contribution in [0.1, 0.15) is 25.7 Å². The maximum Gasteiger partial charge on any atom is 0.120 e. The predicted octanol–water partition coefficient (Wildman–Crippen LogP) is 2.12. The van der Waals surface area contributed by atoms with Crippen molar-refractivity contribution in [2.75, 3.05) is 44.7 Å². The number of benzene rings is 1. The monoisotopic (exact) mass is 290 g/mol. The molecule has 3 rings (SSSR count). The summed E-state index contributed by atoms with van der Waals surface area (Å²) in [5.41, 5.74) is 0.812. The van der Waals surface area contributed by atoms with E-state index in [2.05, 4.69) is 21.9 Å². The normalized spacial score (nSPS) is 22.5. The molecule has 1 aromatic rings. The van der Waals surface area contributed by atoms with Crippen LogP contribution in [0.5, 0.6) is 5.75 Å². The lowest BCUT2D eigenvalue weighted by molar-refractivity contribution is 0.00803. The lowest BCUT2D eigenvalue weighted by Gasteiger charge is -2.39. The Morgan fingerprint density at radius 2 is 1.86 bits per heavy atom. The summed E-state index contributed by atoms with van der Waals surface area (Å²) in [7, 11) is 1.71. The average Bonchev–Trinajstić information content (AvgIpc) is 2.94. The van der Waals surface area contributed by atoms with Crippen molar-refractivity contribution in [1.82, 2.24) is 4.90 Å². The zero-order valence-electron chi connectivity index (χ0n) is 12.9. The zero-order valence-corrected chi connectivity index (χ0v) is 12.9. The molecule has 1 saturated carbocycles. The number of aliphatic hydroxyl groups is 1. The summed E-state index contributed by atoms with van der Waals surface area (Å²) < 4.78 is 5.30. The minimum atomic E-state index is -0.419. The first-order chi connectivity index (χ1) is 10.2. The fourth-order valence-corrected chi connectivity index (χ4v) is 3.58. The number of anilines is 1. The molecule has 1 aliphatic heterocycles. The van der Waals surface area contributed by atoms with E-state index >= 15 is 0 Å². The molecule has 4 heteroatoms. The van der Waals surface area contributed by atoms with Crippen LogP contribution in [0, 0.1) is 0 Å². The Kier molecular flexibility index (Phi) is 4.36. The number of hydrogen-bond donors (Lipinski definition) is 1. The molecule has 4 nitrogen and oxygen atoms in total. The Morgan fingerprint density at radius 1 is 1.14 bits per heavy atom. The van der Waals surface area contributed by atoms with Crippen LogP contribution in [0.25, 0.3) is 0 Å². The molecule has 116 valence electrons. The molecule has 21 heavy (non-hydrogen) atoms. The SMILES string of the molecule is COc1cccc(N2CCN(CC3(O)CCCC3)CC2)c1. The summed E-state index contributed by atoms with van der Waals surface area (Å²) in [6.07, 6.45) is 4.31. The van der Waals surface area contributed by atoms with E-state index in [0.717, 1.165) is 51.3 Å². The highest BCUT2D eigenvalue weighted by molar-refractivity contribution is 5.51. The van der Waals surface area contributed by atoms with Gasteiger partial charge in [-0.05, 0) is 25.0 Å². The minimum Gasteiger partial charge on any atom is -0.497 e. The molecule has 0 radical (unpaired) electrons. The highest BCUT2D eigenvalue weighted by atomic mass is 16.5. The van der Waals surface area contributed by atoms with Crippen molar-refractivity contribution >= 4 is 5.69 Å². The van der Waals surface area contributed by atoms with Gasteiger partial charge in [-0.25, -0.2) is 0 Å². The first-order valence-corrected chi connectivity index (χ1v) is 8.02. The zero-order chi connectivity index (χ0) is 14.7. The third kappa shape index (κ3) is 3.50. The van der Waals surface area contributed by atoms with Crippen LogP contribution in [-0.4, -0.2) is 55.4 Å². The van der Waals surface area contributed by atoms with Gasteiger partial charge in [-0.15, -0.1) is 0 Å². The van der Waals surface area contributed by atoms with Crippen molar-refractivity contribution in [3.05, 3.63) is 24.3 Å². The van der Waals surface area contributed by atoms with E-state index in [1.165, 1.54) is 18.5 Å². The van der Waals surface area contributed by atoms with Crippen molar-refractivity contribution < 1.29 is 9.84 Å². The number of β-amino-alcohol motifs (C(OH)–C–C–N with tert-alkyl or cyclic N) is 1. The summed E-state index contributed by atoms with van der Waals surface area (Å²) in [6, 6.07) is 8.26.